The Morgan fingerprint density at radius 3 is 2.55 bits per heavy atom. The molecule has 7 heteroatoms. The summed E-state index contributed by atoms with van der Waals surface area (Å²) in [7, 11) is 1.72. The zero-order valence-electron chi connectivity index (χ0n) is 17.8. The predicted molar refractivity (Wildman–Crippen MR) is 121 cm³/mol. The lowest BCUT2D eigenvalue weighted by atomic mass is 10.1. The normalized spacial score (nSPS) is 14.5. The Morgan fingerprint density at radius 2 is 1.84 bits per heavy atom. The summed E-state index contributed by atoms with van der Waals surface area (Å²) in [4.78, 5) is 27.0. The Bertz CT molecular complexity index is 1330. The quantitative estimate of drug-likeness (QED) is 0.509. The van der Waals surface area contributed by atoms with Crippen LogP contribution >= 0.6 is 0 Å². The van der Waals surface area contributed by atoms with E-state index < -0.39 is 0 Å². The van der Waals surface area contributed by atoms with Crippen LogP contribution in [-0.4, -0.2) is 32.1 Å². The topological polar surface area (TPSA) is 72.5 Å². The number of hydrogen-bond acceptors (Lipinski definition) is 4. The third kappa shape index (κ3) is 3.30. The molecule has 0 bridgehead atoms. The molecule has 0 aliphatic heterocycles. The number of carbonyl (C=O) groups excluding carboxylic acids is 1. The lowest BCUT2D eigenvalue weighted by Gasteiger charge is -2.17. The van der Waals surface area contributed by atoms with Crippen LogP contribution in [0.5, 0.6) is 0 Å². The summed E-state index contributed by atoms with van der Waals surface area (Å²) in [6, 6.07) is 15.5. The zero-order valence-corrected chi connectivity index (χ0v) is 17.8. The maximum Gasteiger partial charge on any atom is 0.263 e. The van der Waals surface area contributed by atoms with Crippen LogP contribution in [0.3, 0.4) is 0 Å². The van der Waals surface area contributed by atoms with Crippen LogP contribution in [0.15, 0.2) is 53.3 Å². The second kappa shape index (κ2) is 7.65. The molecule has 2 aromatic heterocycles. The number of fused-ring (bicyclic) bond motifs is 3. The molecule has 0 unspecified atom stereocenters. The number of benzene rings is 2. The van der Waals surface area contributed by atoms with Gasteiger partial charge in [-0.15, -0.1) is 10.2 Å². The molecule has 0 N–H and O–H groups in total. The molecule has 1 aliphatic rings. The summed E-state index contributed by atoms with van der Waals surface area (Å²) in [5, 5.41) is 9.58. The van der Waals surface area contributed by atoms with E-state index in [9.17, 15) is 9.59 Å². The zero-order chi connectivity index (χ0) is 21.5. The van der Waals surface area contributed by atoms with Gasteiger partial charge in [0, 0.05) is 25.6 Å². The molecule has 158 valence electrons. The van der Waals surface area contributed by atoms with Gasteiger partial charge in [-0.2, -0.15) is 0 Å². The van der Waals surface area contributed by atoms with Crippen LogP contribution < -0.4 is 10.5 Å². The van der Waals surface area contributed by atoms with Crippen molar-refractivity contribution in [3.05, 3.63) is 70.3 Å². The molecule has 4 aromatic rings. The molecular weight excluding hydrogens is 390 g/mol. The van der Waals surface area contributed by atoms with Gasteiger partial charge in [-0.25, -0.2) is 0 Å². The van der Waals surface area contributed by atoms with Gasteiger partial charge in [-0.1, -0.05) is 43.2 Å². The smallest absolute Gasteiger partial charge is 0.263 e. The lowest BCUT2D eigenvalue weighted by molar-refractivity contribution is -0.116. The van der Waals surface area contributed by atoms with Crippen molar-refractivity contribution < 1.29 is 4.79 Å². The largest absolute Gasteiger partial charge is 0.316 e. The third-order valence-corrected chi connectivity index (χ3v) is 6.37. The second-order valence-electron chi connectivity index (χ2n) is 8.33. The first-order chi connectivity index (χ1) is 15.0. The van der Waals surface area contributed by atoms with Crippen molar-refractivity contribution in [2.24, 2.45) is 0 Å². The van der Waals surface area contributed by atoms with Gasteiger partial charge in [-0.05, 0) is 36.6 Å². The highest BCUT2D eigenvalue weighted by Crippen LogP contribution is 2.34. The number of hydrogen-bond donors (Lipinski definition) is 0. The van der Waals surface area contributed by atoms with Crippen molar-refractivity contribution in [2.75, 3.05) is 11.9 Å². The summed E-state index contributed by atoms with van der Waals surface area (Å²) in [5.74, 6) is 1.75. The Kier molecular flexibility index (Phi) is 4.81. The van der Waals surface area contributed by atoms with Gasteiger partial charge in [0.2, 0.25) is 11.7 Å². The average molecular weight is 415 g/mol. The van der Waals surface area contributed by atoms with Crippen molar-refractivity contribution in [1.82, 2.24) is 19.2 Å². The number of amides is 1. The molecule has 5 rings (SSSR count). The van der Waals surface area contributed by atoms with Gasteiger partial charge in [0.1, 0.15) is 5.82 Å². The molecule has 1 aliphatic carbocycles. The predicted octanol–water partition coefficient (Wildman–Crippen LogP) is 3.73. The van der Waals surface area contributed by atoms with Crippen LogP contribution in [0.2, 0.25) is 0 Å². The van der Waals surface area contributed by atoms with E-state index in [0.717, 1.165) is 29.7 Å². The fourth-order valence-electron chi connectivity index (χ4n) is 4.57. The van der Waals surface area contributed by atoms with Crippen molar-refractivity contribution in [1.29, 1.82) is 0 Å². The molecular formula is C24H25N5O2. The minimum absolute atomic E-state index is 0.0824. The van der Waals surface area contributed by atoms with Gasteiger partial charge >= 0.3 is 0 Å². The SMILES string of the molecule is CC(=O)N(C)c1ccc2c(c1)c(=O)n(Cc1ccccc1)c1nnc(C3CCCC3)n21. The fourth-order valence-corrected chi connectivity index (χ4v) is 4.57. The van der Waals surface area contributed by atoms with Crippen LogP contribution in [-0.2, 0) is 11.3 Å². The lowest BCUT2D eigenvalue weighted by Crippen LogP contribution is -2.26. The Labute approximate surface area is 179 Å². The van der Waals surface area contributed by atoms with E-state index in [4.69, 9.17) is 0 Å². The molecule has 2 heterocycles. The van der Waals surface area contributed by atoms with Gasteiger partial charge in [0.25, 0.3) is 5.56 Å². The Balaban J connectivity index is 1.80. The molecule has 7 nitrogen and oxygen atoms in total. The Hall–Kier alpha value is -3.48. The molecule has 1 saturated carbocycles. The first kappa shape index (κ1) is 19.5. The molecule has 0 saturated heterocycles. The van der Waals surface area contributed by atoms with E-state index in [2.05, 4.69) is 10.2 Å². The standard InChI is InChI=1S/C24H25N5O2/c1-16(30)27(2)19-12-13-21-20(14-19)23(31)28(15-17-8-4-3-5-9-17)24-26-25-22(29(21)24)18-10-6-7-11-18/h3-5,8-9,12-14,18H,6-7,10-11,15H2,1-2H3. The van der Waals surface area contributed by atoms with E-state index in [0.29, 0.717) is 29.3 Å². The monoisotopic (exact) mass is 415 g/mol. The molecule has 0 radical (unpaired) electrons. The van der Waals surface area contributed by atoms with E-state index >= 15 is 0 Å². The molecule has 0 atom stereocenters. The average Bonchev–Trinajstić information content (AvgIpc) is 3.46. The summed E-state index contributed by atoms with van der Waals surface area (Å²) in [5.41, 5.74) is 2.37. The highest BCUT2D eigenvalue weighted by atomic mass is 16.2. The van der Waals surface area contributed by atoms with Crippen LogP contribution in [0.4, 0.5) is 5.69 Å². The number of anilines is 1. The minimum Gasteiger partial charge on any atom is -0.316 e. The molecule has 1 amide bonds. The Morgan fingerprint density at radius 1 is 1.10 bits per heavy atom. The number of rotatable bonds is 4. The summed E-state index contributed by atoms with van der Waals surface area (Å²) >= 11 is 0. The highest BCUT2D eigenvalue weighted by Gasteiger charge is 2.25. The number of aromatic nitrogens is 4. The summed E-state index contributed by atoms with van der Waals surface area (Å²) < 4.78 is 3.74. The van der Waals surface area contributed by atoms with Crippen molar-refractivity contribution in [2.45, 2.75) is 45.1 Å². The molecule has 1 fully saturated rings. The van der Waals surface area contributed by atoms with E-state index in [1.807, 2.05) is 46.9 Å². The maximum absolute atomic E-state index is 13.6. The van der Waals surface area contributed by atoms with Crippen molar-refractivity contribution in [3.63, 3.8) is 0 Å². The fraction of sp³-hybridized carbons (Fsp3) is 0.333. The van der Waals surface area contributed by atoms with Gasteiger partial charge in [0.05, 0.1) is 17.4 Å². The van der Waals surface area contributed by atoms with Crippen molar-refractivity contribution in [3.8, 4) is 0 Å². The van der Waals surface area contributed by atoms with E-state index in [-0.39, 0.29) is 11.5 Å². The second-order valence-corrected chi connectivity index (χ2v) is 8.33. The maximum atomic E-state index is 13.6. The van der Waals surface area contributed by atoms with Crippen molar-refractivity contribution >= 4 is 28.3 Å². The van der Waals surface area contributed by atoms with E-state index in [1.165, 1.54) is 19.8 Å². The van der Waals surface area contributed by atoms with Crippen LogP contribution in [0.25, 0.3) is 16.7 Å². The number of nitrogens with zero attached hydrogens (tertiary/aromatic N) is 5. The van der Waals surface area contributed by atoms with Crippen LogP contribution in [0.1, 0.15) is 49.9 Å². The highest BCUT2D eigenvalue weighted by molar-refractivity contribution is 5.94. The van der Waals surface area contributed by atoms with Gasteiger partial charge in [-0.3, -0.25) is 18.6 Å². The first-order valence-electron chi connectivity index (χ1n) is 10.7. The van der Waals surface area contributed by atoms with E-state index in [1.54, 1.807) is 22.6 Å². The number of carbonyl (C=O) groups is 1. The molecule has 2 aromatic carbocycles. The first-order valence-corrected chi connectivity index (χ1v) is 10.7. The molecule has 31 heavy (non-hydrogen) atoms. The summed E-state index contributed by atoms with van der Waals surface area (Å²) in [6.45, 7) is 1.92. The van der Waals surface area contributed by atoms with Gasteiger partial charge in [0.15, 0.2) is 0 Å². The van der Waals surface area contributed by atoms with Crippen LogP contribution in [0, 0.1) is 0 Å². The molecule has 0 spiro atoms. The third-order valence-electron chi connectivity index (χ3n) is 6.37. The minimum atomic E-state index is -0.129. The van der Waals surface area contributed by atoms with Gasteiger partial charge < -0.3 is 4.90 Å². The summed E-state index contributed by atoms with van der Waals surface area (Å²) in [6.07, 6.45) is 4.56.